The van der Waals surface area contributed by atoms with E-state index in [1.54, 1.807) is 6.20 Å². The molecule has 2 aromatic heterocycles. The largest absolute Gasteiger partial charge is 0.352 e. The first-order valence-corrected chi connectivity index (χ1v) is 11.8. The molecule has 0 radical (unpaired) electrons. The lowest BCUT2D eigenvalue weighted by Gasteiger charge is -2.41. The summed E-state index contributed by atoms with van der Waals surface area (Å²) >= 11 is 0. The van der Waals surface area contributed by atoms with Gasteiger partial charge in [0.15, 0.2) is 0 Å². The topological polar surface area (TPSA) is 66.3 Å². The van der Waals surface area contributed by atoms with Gasteiger partial charge >= 0.3 is 0 Å². The first kappa shape index (κ1) is 22.0. The molecule has 7 nitrogen and oxygen atoms in total. The van der Waals surface area contributed by atoms with E-state index in [1.165, 1.54) is 18.4 Å². The fraction of sp³-hybridized carbons (Fsp3) is 0.625. The zero-order chi connectivity index (χ0) is 21.6. The number of aromatic nitrogens is 3. The Kier molecular flexibility index (Phi) is 7.35. The molecule has 2 saturated heterocycles. The number of aryl methyl sites for hydroxylation is 2. The van der Waals surface area contributed by atoms with E-state index in [2.05, 4.69) is 45.2 Å². The van der Waals surface area contributed by atoms with Crippen molar-refractivity contribution in [1.82, 2.24) is 29.9 Å². The van der Waals surface area contributed by atoms with Crippen molar-refractivity contribution in [2.24, 2.45) is 5.92 Å². The molecule has 0 saturated carbocycles. The van der Waals surface area contributed by atoms with Crippen LogP contribution in [0.1, 0.15) is 49.4 Å². The highest BCUT2D eigenvalue weighted by atomic mass is 16.1. The SMILES string of the molecule is CCn1cc(CN2CCC(N3CCC(C(=O)NCc4cccnc4)CC3)CC2)c(C)n1. The highest BCUT2D eigenvalue weighted by Gasteiger charge is 2.30. The second-order valence-corrected chi connectivity index (χ2v) is 8.99. The molecule has 2 aliphatic heterocycles. The maximum absolute atomic E-state index is 12.6. The molecule has 1 amide bonds. The van der Waals surface area contributed by atoms with E-state index >= 15 is 0 Å². The van der Waals surface area contributed by atoms with Gasteiger partial charge in [-0.05, 0) is 77.3 Å². The molecule has 0 aliphatic carbocycles. The van der Waals surface area contributed by atoms with Gasteiger partial charge in [0.2, 0.25) is 5.91 Å². The lowest BCUT2D eigenvalue weighted by atomic mass is 9.92. The van der Waals surface area contributed by atoms with Crippen LogP contribution in [0.4, 0.5) is 0 Å². The van der Waals surface area contributed by atoms with Crippen LogP contribution in [0.25, 0.3) is 0 Å². The van der Waals surface area contributed by atoms with E-state index in [-0.39, 0.29) is 11.8 Å². The number of hydrogen-bond donors (Lipinski definition) is 1. The number of piperidine rings is 2. The molecule has 31 heavy (non-hydrogen) atoms. The van der Waals surface area contributed by atoms with Crippen LogP contribution in [0.3, 0.4) is 0 Å². The number of nitrogens with zero attached hydrogens (tertiary/aromatic N) is 5. The predicted octanol–water partition coefficient (Wildman–Crippen LogP) is 2.60. The third-order valence-corrected chi connectivity index (χ3v) is 6.93. The maximum atomic E-state index is 12.6. The summed E-state index contributed by atoms with van der Waals surface area (Å²) in [5.74, 6) is 0.340. The van der Waals surface area contributed by atoms with Crippen molar-refractivity contribution in [3.63, 3.8) is 0 Å². The lowest BCUT2D eigenvalue weighted by molar-refractivity contribution is -0.126. The van der Waals surface area contributed by atoms with Crippen LogP contribution in [0.15, 0.2) is 30.7 Å². The zero-order valence-electron chi connectivity index (χ0n) is 19.0. The minimum atomic E-state index is 0.145. The molecule has 2 fully saturated rings. The first-order valence-electron chi connectivity index (χ1n) is 11.8. The number of nitrogens with one attached hydrogen (secondary N) is 1. The summed E-state index contributed by atoms with van der Waals surface area (Å²) in [6.45, 7) is 11.1. The summed E-state index contributed by atoms with van der Waals surface area (Å²) in [6.07, 6.45) is 10.1. The van der Waals surface area contributed by atoms with Gasteiger partial charge in [0.1, 0.15) is 0 Å². The summed E-state index contributed by atoms with van der Waals surface area (Å²) in [7, 11) is 0. The fourth-order valence-electron chi connectivity index (χ4n) is 4.92. The Morgan fingerprint density at radius 1 is 1.16 bits per heavy atom. The van der Waals surface area contributed by atoms with E-state index < -0.39 is 0 Å². The summed E-state index contributed by atoms with van der Waals surface area (Å²) in [5.41, 5.74) is 3.57. The molecule has 4 heterocycles. The lowest BCUT2D eigenvalue weighted by Crippen LogP contribution is -2.49. The minimum Gasteiger partial charge on any atom is -0.352 e. The van der Waals surface area contributed by atoms with E-state index in [9.17, 15) is 4.79 Å². The Hall–Kier alpha value is -2.25. The van der Waals surface area contributed by atoms with E-state index in [1.807, 2.05) is 23.0 Å². The van der Waals surface area contributed by atoms with Crippen molar-refractivity contribution >= 4 is 5.91 Å². The van der Waals surface area contributed by atoms with Crippen LogP contribution in [0, 0.1) is 12.8 Å². The van der Waals surface area contributed by atoms with Gasteiger partial charge in [-0.3, -0.25) is 19.4 Å². The van der Waals surface area contributed by atoms with Gasteiger partial charge in [0.25, 0.3) is 0 Å². The Morgan fingerprint density at radius 3 is 2.58 bits per heavy atom. The fourth-order valence-corrected chi connectivity index (χ4v) is 4.92. The van der Waals surface area contributed by atoms with Gasteiger partial charge in [-0.2, -0.15) is 5.10 Å². The molecule has 0 spiro atoms. The highest BCUT2D eigenvalue weighted by molar-refractivity contribution is 5.78. The Bertz CT molecular complexity index is 835. The molecule has 0 atom stereocenters. The standard InChI is InChI=1S/C24H36N6O/c1-3-30-18-22(19(2)27-30)17-28-11-8-23(9-12-28)29-13-6-21(7-14-29)24(31)26-16-20-5-4-10-25-15-20/h4-5,10,15,18,21,23H,3,6-9,11-14,16-17H2,1-2H3,(H,26,31). The van der Waals surface area contributed by atoms with Crippen LogP contribution < -0.4 is 5.32 Å². The molecule has 0 bridgehead atoms. The monoisotopic (exact) mass is 424 g/mol. The van der Waals surface area contributed by atoms with Crippen LogP contribution in [0.5, 0.6) is 0 Å². The van der Waals surface area contributed by atoms with Crippen molar-refractivity contribution in [3.8, 4) is 0 Å². The number of carbonyl (C=O) groups excluding carboxylic acids is 1. The van der Waals surface area contributed by atoms with Crippen LogP contribution in [0.2, 0.25) is 0 Å². The van der Waals surface area contributed by atoms with Crippen molar-refractivity contribution in [2.45, 2.75) is 65.2 Å². The predicted molar refractivity (Wildman–Crippen MR) is 121 cm³/mol. The van der Waals surface area contributed by atoms with Gasteiger partial charge in [-0.15, -0.1) is 0 Å². The third kappa shape index (κ3) is 5.71. The molecule has 0 unspecified atom stereocenters. The average Bonchev–Trinajstić information content (AvgIpc) is 3.18. The Labute approximate surface area is 185 Å². The van der Waals surface area contributed by atoms with Gasteiger partial charge in [-0.25, -0.2) is 0 Å². The molecule has 2 aliphatic rings. The maximum Gasteiger partial charge on any atom is 0.223 e. The van der Waals surface area contributed by atoms with Gasteiger partial charge in [-0.1, -0.05) is 6.07 Å². The number of amides is 1. The second kappa shape index (κ2) is 10.4. The van der Waals surface area contributed by atoms with Crippen molar-refractivity contribution in [2.75, 3.05) is 26.2 Å². The molecule has 1 N–H and O–H groups in total. The number of likely N-dealkylation sites (tertiary alicyclic amines) is 2. The van der Waals surface area contributed by atoms with Crippen LogP contribution in [-0.2, 0) is 24.4 Å². The highest BCUT2D eigenvalue weighted by Crippen LogP contribution is 2.25. The van der Waals surface area contributed by atoms with E-state index in [0.29, 0.717) is 12.6 Å². The number of rotatable bonds is 7. The third-order valence-electron chi connectivity index (χ3n) is 6.93. The molecule has 2 aromatic rings. The smallest absolute Gasteiger partial charge is 0.223 e. The van der Waals surface area contributed by atoms with Gasteiger partial charge < -0.3 is 10.2 Å². The summed E-state index contributed by atoms with van der Waals surface area (Å²) < 4.78 is 2.04. The average molecular weight is 425 g/mol. The van der Waals surface area contributed by atoms with E-state index in [4.69, 9.17) is 0 Å². The second-order valence-electron chi connectivity index (χ2n) is 8.99. The zero-order valence-corrected chi connectivity index (χ0v) is 19.0. The molecule has 4 rings (SSSR count). The normalized spacial score (nSPS) is 19.5. The first-order chi connectivity index (χ1) is 15.1. The van der Waals surface area contributed by atoms with Gasteiger partial charge in [0, 0.05) is 55.7 Å². The number of carbonyl (C=O) groups is 1. The molecule has 7 heteroatoms. The Balaban J connectivity index is 1.18. The molecule has 168 valence electrons. The Morgan fingerprint density at radius 2 is 1.94 bits per heavy atom. The minimum absolute atomic E-state index is 0.145. The van der Waals surface area contributed by atoms with Crippen molar-refractivity contribution < 1.29 is 4.79 Å². The molecule has 0 aromatic carbocycles. The number of pyridine rings is 1. The summed E-state index contributed by atoms with van der Waals surface area (Å²) in [5, 5.41) is 7.67. The van der Waals surface area contributed by atoms with Gasteiger partial charge in [0.05, 0.1) is 5.69 Å². The summed E-state index contributed by atoms with van der Waals surface area (Å²) in [4.78, 5) is 21.9. The van der Waals surface area contributed by atoms with E-state index in [0.717, 1.165) is 63.4 Å². The van der Waals surface area contributed by atoms with Crippen LogP contribution >= 0.6 is 0 Å². The molecular formula is C24H36N6O. The van der Waals surface area contributed by atoms with Crippen molar-refractivity contribution in [1.29, 1.82) is 0 Å². The summed E-state index contributed by atoms with van der Waals surface area (Å²) in [6, 6.07) is 4.57. The quantitative estimate of drug-likeness (QED) is 0.740. The number of hydrogen-bond acceptors (Lipinski definition) is 5. The van der Waals surface area contributed by atoms with Crippen molar-refractivity contribution in [3.05, 3.63) is 47.5 Å². The van der Waals surface area contributed by atoms with Crippen LogP contribution in [-0.4, -0.2) is 62.7 Å². The molecular weight excluding hydrogens is 388 g/mol.